The number of piperazine rings is 1. The van der Waals surface area contributed by atoms with E-state index < -0.39 is 6.04 Å². The number of para-hydroxylation sites is 1. The third-order valence-electron chi connectivity index (χ3n) is 13.8. The Morgan fingerprint density at radius 2 is 1.45 bits per heavy atom. The van der Waals surface area contributed by atoms with Crippen molar-refractivity contribution in [2.75, 3.05) is 86.3 Å². The molecule has 1 aliphatic carbocycles. The number of carbonyl (C=O) groups is 2. The number of halogens is 1. The second kappa shape index (κ2) is 18.0. The number of hydrogen-bond donors (Lipinski definition) is 4. The molecular formula is C47H57FN12O2. The van der Waals surface area contributed by atoms with Crippen LogP contribution in [0.15, 0.2) is 79.0 Å². The first-order valence-corrected chi connectivity index (χ1v) is 22.7. The highest BCUT2D eigenvalue weighted by atomic mass is 19.1. The molecule has 62 heavy (non-hydrogen) atoms. The second-order valence-corrected chi connectivity index (χ2v) is 17.7. The van der Waals surface area contributed by atoms with Gasteiger partial charge in [-0.3, -0.25) is 29.3 Å². The number of piperidine rings is 2. The van der Waals surface area contributed by atoms with E-state index in [1.54, 1.807) is 0 Å². The molecule has 2 amide bonds. The van der Waals surface area contributed by atoms with E-state index in [0.717, 1.165) is 125 Å². The minimum absolute atomic E-state index is 0.198. The number of anilines is 6. The first-order valence-electron chi connectivity index (χ1n) is 22.7. The van der Waals surface area contributed by atoms with Crippen LogP contribution in [0.5, 0.6) is 0 Å². The fourth-order valence-electron chi connectivity index (χ4n) is 10.1. The zero-order chi connectivity index (χ0) is 42.0. The number of likely N-dealkylation sites (tertiary alicyclic amines) is 2. The van der Waals surface area contributed by atoms with E-state index in [1.807, 2.05) is 36.5 Å². The van der Waals surface area contributed by atoms with Gasteiger partial charge in [-0.25, -0.2) is 14.4 Å². The lowest BCUT2D eigenvalue weighted by molar-refractivity contribution is -0.133. The van der Waals surface area contributed by atoms with Gasteiger partial charge in [-0.1, -0.05) is 37.1 Å². The number of nitrogens with one attached hydrogen (secondary N) is 4. The lowest BCUT2D eigenvalue weighted by Gasteiger charge is -2.49. The van der Waals surface area contributed by atoms with Gasteiger partial charge < -0.3 is 25.8 Å². The van der Waals surface area contributed by atoms with Gasteiger partial charge >= 0.3 is 0 Å². The monoisotopic (exact) mass is 840 g/mol. The average Bonchev–Trinajstić information content (AvgIpc) is 3.93. The van der Waals surface area contributed by atoms with Crippen LogP contribution in [0.4, 0.5) is 39.0 Å². The SMILES string of the molecule is O=C1CCC(Nc2ccc(C3CCN(CCN4CC(N5CCN(c6ccc(Nc7ncc8nc(Nc9ccccc9)n(C9CCCC9)c8n7)cc6)CC5)C4)CC3)c(F)c2)C(=O)N1. The van der Waals surface area contributed by atoms with Gasteiger partial charge in [-0.2, -0.15) is 4.98 Å². The number of hydrogen-bond acceptors (Lipinski definition) is 12. The van der Waals surface area contributed by atoms with Crippen LogP contribution in [0.25, 0.3) is 11.2 Å². The number of fused-ring (bicyclic) bond motifs is 1. The van der Waals surface area contributed by atoms with Crippen molar-refractivity contribution >= 4 is 57.6 Å². The van der Waals surface area contributed by atoms with Crippen molar-refractivity contribution in [3.05, 3.63) is 90.4 Å². The molecule has 5 aromatic rings. The molecule has 14 nitrogen and oxygen atoms in total. The molecule has 4 saturated heterocycles. The van der Waals surface area contributed by atoms with Crippen LogP contribution in [0, 0.1) is 5.82 Å². The van der Waals surface area contributed by atoms with E-state index in [0.29, 0.717) is 30.1 Å². The molecule has 0 radical (unpaired) electrons. The van der Waals surface area contributed by atoms with Crippen molar-refractivity contribution in [3.8, 4) is 0 Å². The summed E-state index contributed by atoms with van der Waals surface area (Å²) < 4.78 is 17.5. The van der Waals surface area contributed by atoms with Crippen LogP contribution in [-0.2, 0) is 9.59 Å². The Balaban J connectivity index is 0.652. The van der Waals surface area contributed by atoms with Crippen molar-refractivity contribution in [2.24, 2.45) is 0 Å². The van der Waals surface area contributed by atoms with Gasteiger partial charge in [0.25, 0.3) is 0 Å². The van der Waals surface area contributed by atoms with E-state index in [1.165, 1.54) is 24.6 Å². The summed E-state index contributed by atoms with van der Waals surface area (Å²) in [5.74, 6) is 0.748. The molecule has 0 spiro atoms. The Bertz CT molecular complexity index is 2350. The first-order chi connectivity index (χ1) is 30.4. The summed E-state index contributed by atoms with van der Waals surface area (Å²) >= 11 is 0. The number of imidazole rings is 1. The maximum atomic E-state index is 15.2. The van der Waals surface area contributed by atoms with Gasteiger partial charge in [-0.15, -0.1) is 0 Å². The summed E-state index contributed by atoms with van der Waals surface area (Å²) in [6.07, 6.45) is 9.09. The smallest absolute Gasteiger partial charge is 0.249 e. The molecule has 3 aromatic carbocycles. The number of aromatic nitrogens is 4. The van der Waals surface area contributed by atoms with Crippen molar-refractivity contribution in [3.63, 3.8) is 0 Å². The third-order valence-corrected chi connectivity index (χ3v) is 13.8. The van der Waals surface area contributed by atoms with Crippen molar-refractivity contribution < 1.29 is 14.0 Å². The van der Waals surface area contributed by atoms with Gasteiger partial charge in [0.15, 0.2) is 5.65 Å². The minimum Gasteiger partial charge on any atom is -0.374 e. The molecule has 0 bridgehead atoms. The Morgan fingerprint density at radius 3 is 2.19 bits per heavy atom. The molecule has 5 aliphatic rings. The zero-order valence-electron chi connectivity index (χ0n) is 35.3. The lowest BCUT2D eigenvalue weighted by Crippen LogP contribution is -2.63. The van der Waals surface area contributed by atoms with E-state index in [-0.39, 0.29) is 30.0 Å². The normalized spacial score (nSPS) is 21.3. The van der Waals surface area contributed by atoms with Gasteiger partial charge in [-0.05, 0) is 105 Å². The predicted molar refractivity (Wildman–Crippen MR) is 241 cm³/mol. The molecule has 324 valence electrons. The van der Waals surface area contributed by atoms with Crippen molar-refractivity contribution in [2.45, 2.75) is 75.4 Å². The van der Waals surface area contributed by atoms with Crippen LogP contribution in [-0.4, -0.2) is 124 Å². The van der Waals surface area contributed by atoms with Gasteiger partial charge in [0.2, 0.25) is 23.7 Å². The zero-order valence-corrected chi connectivity index (χ0v) is 35.3. The van der Waals surface area contributed by atoms with Gasteiger partial charge in [0.1, 0.15) is 17.4 Å². The average molecular weight is 841 g/mol. The molecule has 15 heteroatoms. The summed E-state index contributed by atoms with van der Waals surface area (Å²) in [7, 11) is 0. The number of carbonyl (C=O) groups excluding carboxylic acids is 2. The Labute approximate surface area is 362 Å². The van der Waals surface area contributed by atoms with Crippen LogP contribution >= 0.6 is 0 Å². The summed E-state index contributed by atoms with van der Waals surface area (Å²) in [5.41, 5.74) is 6.19. The molecule has 10 rings (SSSR count). The maximum absolute atomic E-state index is 15.2. The summed E-state index contributed by atoms with van der Waals surface area (Å²) in [6, 6.07) is 24.5. The quantitative estimate of drug-likeness (QED) is 0.0968. The number of rotatable bonds is 13. The highest BCUT2D eigenvalue weighted by Crippen LogP contribution is 2.36. The number of nitrogens with zero attached hydrogens (tertiary/aromatic N) is 8. The highest BCUT2D eigenvalue weighted by molar-refractivity contribution is 6.01. The molecule has 2 aromatic heterocycles. The topological polar surface area (TPSA) is 139 Å². The third kappa shape index (κ3) is 8.97. The maximum Gasteiger partial charge on any atom is 0.249 e. The fraction of sp³-hybridized carbons (Fsp3) is 0.468. The van der Waals surface area contributed by atoms with E-state index >= 15 is 4.39 Å². The predicted octanol–water partition coefficient (Wildman–Crippen LogP) is 6.47. The van der Waals surface area contributed by atoms with E-state index in [9.17, 15) is 9.59 Å². The van der Waals surface area contributed by atoms with Crippen LogP contribution in [0.3, 0.4) is 0 Å². The standard InChI is InChI=1S/C47H57FN12O2/c48-40-28-35(50-41-16-17-43(61)54-45(41)62)12-15-39(40)32-18-20-56(21-19-32)22-23-57-30-38(31-57)59-26-24-58(25-27-59)36-13-10-34(11-14-36)51-46-49-29-42-44(55-46)60(37-8-4-5-9-37)47(53-42)52-33-6-2-1-3-7-33/h1-3,6-7,10-15,28-29,32,37-38,41,50H,4-5,8-9,16-27,30-31H2,(H,52,53)(H,49,51,55)(H,54,61,62). The molecular weight excluding hydrogens is 784 g/mol. The van der Waals surface area contributed by atoms with Gasteiger partial charge in [0.05, 0.1) is 6.20 Å². The molecule has 4 N–H and O–H groups in total. The second-order valence-electron chi connectivity index (χ2n) is 17.7. The molecule has 1 saturated carbocycles. The van der Waals surface area contributed by atoms with Crippen molar-refractivity contribution in [1.29, 1.82) is 0 Å². The summed E-state index contributed by atoms with van der Waals surface area (Å²) in [4.78, 5) is 48.4. The fourth-order valence-corrected chi connectivity index (χ4v) is 10.1. The minimum atomic E-state index is -0.519. The Kier molecular flexibility index (Phi) is 11.7. The van der Waals surface area contributed by atoms with Crippen LogP contribution < -0.4 is 26.2 Å². The van der Waals surface area contributed by atoms with E-state index in [4.69, 9.17) is 9.97 Å². The lowest BCUT2D eigenvalue weighted by atomic mass is 9.89. The number of imide groups is 1. The number of amides is 2. The first kappa shape index (κ1) is 40.4. The molecule has 6 heterocycles. The summed E-state index contributed by atoms with van der Waals surface area (Å²) in [5, 5.41) is 12.4. The summed E-state index contributed by atoms with van der Waals surface area (Å²) in [6.45, 7) is 10.5. The van der Waals surface area contributed by atoms with Crippen LogP contribution in [0.2, 0.25) is 0 Å². The molecule has 1 atom stereocenters. The molecule has 4 aliphatic heterocycles. The van der Waals surface area contributed by atoms with Crippen LogP contribution in [0.1, 0.15) is 68.9 Å². The molecule has 5 fully saturated rings. The van der Waals surface area contributed by atoms with E-state index in [2.05, 4.69) is 86.8 Å². The Morgan fingerprint density at radius 1 is 0.726 bits per heavy atom. The largest absolute Gasteiger partial charge is 0.374 e. The highest BCUT2D eigenvalue weighted by Gasteiger charge is 2.34. The number of benzene rings is 3. The Hall–Kier alpha value is -5.64. The van der Waals surface area contributed by atoms with Gasteiger partial charge in [0, 0.05) is 93.6 Å². The van der Waals surface area contributed by atoms with Crippen molar-refractivity contribution in [1.82, 2.24) is 39.5 Å². The molecule has 1 unspecified atom stereocenters.